The zero-order valence-electron chi connectivity index (χ0n) is 57.8. The standard InChI is InChI=1S/C17H24N2O3Si.2C14H16N2O3.2C13H14N2O3/c1-11-12(2)15(9-8-14(11)18-4)19-16(10-21-17(19)20)13(3)22-23(5,6)7;2*1-8-9(2)12(6-5-11(8)15-4)16-13(10(3)17)7-19-14(16)18;1-8-9(2)11(6-5-10(8)14-3)15-12(17-4)7-18-13(15)16;1-8-9(2)12(5-4-11(8)14-3)15-10(6-16)7-18-13(15)17/h8-9,13,16H,10H2,1-3,5-7H3;2*5-6,10,13,17H,7H2,1-3H3;5-6,12H,7H2,1-2,4H3;4-5,10,16H,6-7H2,1-2H3/t13?,16-;10-,13+;10-,13-;12-;10-/m10100/s1. The molecule has 0 saturated carbocycles. The molecule has 5 fully saturated rings. The Labute approximate surface area is 568 Å². The Hall–Kier alpha value is -10.1. The van der Waals surface area contributed by atoms with Gasteiger partial charge in [0.1, 0.15) is 45.1 Å². The van der Waals surface area contributed by atoms with E-state index >= 15 is 0 Å². The number of nitrogens with zero attached hydrogens (tertiary/aromatic N) is 10. The molecule has 0 aliphatic carbocycles. The molecule has 5 aliphatic heterocycles. The van der Waals surface area contributed by atoms with Gasteiger partial charge in [0.2, 0.25) is 0 Å². The predicted octanol–water partition coefficient (Wildman–Crippen LogP) is 14.5. The van der Waals surface area contributed by atoms with Gasteiger partial charge in [-0.1, -0.05) is 30.3 Å². The first-order valence-electron chi connectivity index (χ1n) is 31.1. The molecule has 8 atom stereocenters. The van der Waals surface area contributed by atoms with Gasteiger partial charge in [-0.2, -0.15) is 0 Å². The van der Waals surface area contributed by atoms with Gasteiger partial charge in [0.05, 0.1) is 75.6 Å². The maximum Gasteiger partial charge on any atom is 0.416 e. The molecular formula is C71H84N10O15Si. The van der Waals surface area contributed by atoms with Crippen molar-refractivity contribution in [2.75, 3.05) is 71.3 Å². The van der Waals surface area contributed by atoms with Crippen molar-refractivity contribution >= 4 is 95.7 Å². The summed E-state index contributed by atoms with van der Waals surface area (Å²) in [6, 6.07) is 16.1. The second-order valence-electron chi connectivity index (χ2n) is 24.7. The number of benzene rings is 5. The van der Waals surface area contributed by atoms with Gasteiger partial charge >= 0.3 is 30.5 Å². The first kappa shape index (κ1) is 75.9. The number of amides is 5. The molecule has 1 unspecified atom stereocenters. The molecule has 512 valence electrons. The van der Waals surface area contributed by atoms with Gasteiger partial charge in [-0.25, -0.2) is 53.1 Å². The van der Waals surface area contributed by atoms with E-state index < -0.39 is 51.1 Å². The van der Waals surface area contributed by atoms with E-state index in [1.165, 1.54) is 26.7 Å². The summed E-state index contributed by atoms with van der Waals surface area (Å²) in [6.45, 7) is 66.9. The van der Waals surface area contributed by atoms with Crippen LogP contribution in [-0.4, -0.2) is 150 Å². The Balaban J connectivity index is 0.000000192. The molecule has 0 radical (unpaired) electrons. The average molecular weight is 1350 g/mol. The molecular weight excluding hydrogens is 1260 g/mol. The summed E-state index contributed by atoms with van der Waals surface area (Å²) in [4.78, 5) is 84.2. The Bertz CT molecular complexity index is 3840. The highest BCUT2D eigenvalue weighted by Crippen LogP contribution is 2.40. The van der Waals surface area contributed by atoms with Crippen molar-refractivity contribution in [3.63, 3.8) is 0 Å². The van der Waals surface area contributed by atoms with E-state index in [0.717, 1.165) is 67.0 Å². The van der Waals surface area contributed by atoms with Crippen LogP contribution in [0.1, 0.15) is 76.4 Å². The summed E-state index contributed by atoms with van der Waals surface area (Å²) in [7, 11) is -0.176. The summed E-state index contributed by atoms with van der Waals surface area (Å²) in [5.41, 5.74) is 15.2. The Kier molecular flexibility index (Phi) is 25.5. The van der Waals surface area contributed by atoms with Gasteiger partial charge in [-0.3, -0.25) is 19.6 Å². The zero-order valence-corrected chi connectivity index (χ0v) is 58.8. The van der Waals surface area contributed by atoms with Crippen LogP contribution in [0, 0.1) is 102 Å². The fourth-order valence-corrected chi connectivity index (χ4v) is 12.7. The summed E-state index contributed by atoms with van der Waals surface area (Å²) in [5.74, 6) is 0. The highest BCUT2D eigenvalue weighted by atomic mass is 28.4. The van der Waals surface area contributed by atoms with E-state index in [-0.39, 0.29) is 69.4 Å². The lowest BCUT2D eigenvalue weighted by Gasteiger charge is -2.32. The van der Waals surface area contributed by atoms with Crippen molar-refractivity contribution < 1.29 is 72.1 Å². The molecule has 5 aliphatic rings. The van der Waals surface area contributed by atoms with Crippen LogP contribution in [0.25, 0.3) is 24.2 Å². The lowest BCUT2D eigenvalue weighted by molar-refractivity contribution is 0.0875. The molecule has 3 N–H and O–H groups in total. The molecule has 5 aromatic carbocycles. The zero-order chi connectivity index (χ0) is 72.2. The van der Waals surface area contributed by atoms with E-state index in [1.54, 1.807) is 73.3 Å². The second kappa shape index (κ2) is 32.6. The number of ether oxygens (including phenoxy) is 6. The molecule has 5 aromatic rings. The quantitative estimate of drug-likeness (QED) is 0.0597. The lowest BCUT2D eigenvalue weighted by atomic mass is 10.0. The molecule has 5 saturated heterocycles. The summed E-state index contributed by atoms with van der Waals surface area (Å²) in [6.07, 6.45) is -3.99. The number of rotatable bonds is 12. The molecule has 5 heterocycles. The van der Waals surface area contributed by atoms with Crippen LogP contribution in [0.15, 0.2) is 60.7 Å². The molecule has 0 aromatic heterocycles. The molecule has 26 heteroatoms. The van der Waals surface area contributed by atoms with Gasteiger partial charge in [0.15, 0.2) is 43.0 Å². The number of cyclic esters (lactones) is 5. The van der Waals surface area contributed by atoms with E-state index in [0.29, 0.717) is 52.1 Å². The molecule has 5 amide bonds. The summed E-state index contributed by atoms with van der Waals surface area (Å²) < 4.78 is 36.6. The van der Waals surface area contributed by atoms with Crippen LogP contribution in [0.4, 0.5) is 80.8 Å². The molecule has 10 rings (SSSR count). The van der Waals surface area contributed by atoms with Crippen LogP contribution < -0.4 is 24.5 Å². The van der Waals surface area contributed by atoms with Crippen LogP contribution in [-0.2, 0) is 32.8 Å². The molecule has 0 spiro atoms. The Morgan fingerprint density at radius 3 is 0.969 bits per heavy atom. The number of aliphatic hydroxyl groups is 3. The normalized spacial score (nSPS) is 19.4. The van der Waals surface area contributed by atoms with Crippen molar-refractivity contribution in [2.45, 2.75) is 158 Å². The van der Waals surface area contributed by atoms with Gasteiger partial charge in [-0.15, -0.1) is 0 Å². The van der Waals surface area contributed by atoms with Crippen molar-refractivity contribution in [1.29, 1.82) is 0 Å². The number of aliphatic hydroxyl groups excluding tert-OH is 3. The monoisotopic (exact) mass is 1340 g/mol. The van der Waals surface area contributed by atoms with Gasteiger partial charge in [0.25, 0.3) is 0 Å². The third kappa shape index (κ3) is 16.6. The average Bonchev–Trinajstić information content (AvgIpc) is 1.67. The van der Waals surface area contributed by atoms with Gasteiger partial charge in [-0.05, 0) is 196 Å². The summed E-state index contributed by atoms with van der Waals surface area (Å²) >= 11 is 0. The third-order valence-corrected chi connectivity index (χ3v) is 18.8. The fourth-order valence-electron chi connectivity index (χ4n) is 11.4. The third-order valence-electron chi connectivity index (χ3n) is 17.7. The van der Waals surface area contributed by atoms with E-state index in [4.69, 9.17) is 65.7 Å². The minimum atomic E-state index is -1.71. The number of hydrogen-bond donors (Lipinski definition) is 3. The number of carbonyl (C=O) groups is 5. The van der Waals surface area contributed by atoms with Crippen molar-refractivity contribution in [1.82, 2.24) is 0 Å². The smallest absolute Gasteiger partial charge is 0.416 e. The van der Waals surface area contributed by atoms with Crippen molar-refractivity contribution in [3.05, 3.63) is 173 Å². The van der Waals surface area contributed by atoms with Crippen molar-refractivity contribution in [3.8, 4) is 0 Å². The highest BCUT2D eigenvalue weighted by Gasteiger charge is 2.43. The maximum absolute atomic E-state index is 12.3. The van der Waals surface area contributed by atoms with E-state index in [9.17, 15) is 39.3 Å². The Morgan fingerprint density at radius 2 is 0.680 bits per heavy atom. The topological polar surface area (TPSA) is 249 Å². The largest absolute Gasteiger partial charge is 0.447 e. The molecule has 0 bridgehead atoms. The number of methoxy groups -OCH3 is 1. The highest BCUT2D eigenvalue weighted by molar-refractivity contribution is 6.69. The SMILES string of the molecule is [C-]#[N+]c1ccc(N2C(=O)OC[C@@H]2C(C)O[Si](C)(C)C)c(C)c1C.[C-]#[N+]c1ccc(N2C(=O)OC[C@@H]2CO)c(C)c1C.[C-]#[N+]c1ccc(N2C(=O)OC[C@@H]2OC)c(C)c1C.[C-]#[N+]c1ccc(N2C(=O)OC[C@@H]2[C@@H](C)O)c(C)c1C.[C-]#[N+]c1ccc(N2C(=O)OC[C@@H]2[C@H](C)O)c(C)c1C. The molecule has 25 nitrogen and oxygen atoms in total. The molecule has 97 heavy (non-hydrogen) atoms. The lowest BCUT2D eigenvalue weighted by Crippen LogP contribution is -2.46. The maximum atomic E-state index is 12.3. The van der Waals surface area contributed by atoms with Crippen LogP contribution >= 0.6 is 0 Å². The first-order valence-corrected chi connectivity index (χ1v) is 34.6. The Morgan fingerprint density at radius 1 is 0.423 bits per heavy atom. The van der Waals surface area contributed by atoms with Crippen molar-refractivity contribution in [2.24, 2.45) is 0 Å². The first-order chi connectivity index (χ1) is 45.8. The van der Waals surface area contributed by atoms with Crippen LogP contribution in [0.3, 0.4) is 0 Å². The summed E-state index contributed by atoms with van der Waals surface area (Å²) in [5, 5.41) is 28.7. The number of carbonyl (C=O) groups excluding carboxylic acids is 5. The van der Waals surface area contributed by atoms with E-state index in [2.05, 4.69) is 43.9 Å². The van der Waals surface area contributed by atoms with Gasteiger partial charge in [0, 0.05) is 29.9 Å². The minimum absolute atomic E-state index is 0.103. The predicted molar refractivity (Wildman–Crippen MR) is 370 cm³/mol. The second-order valence-corrected chi connectivity index (χ2v) is 29.2. The van der Waals surface area contributed by atoms with Crippen LogP contribution in [0.2, 0.25) is 19.6 Å². The van der Waals surface area contributed by atoms with Gasteiger partial charge < -0.3 is 48.2 Å². The minimum Gasteiger partial charge on any atom is -0.447 e. The van der Waals surface area contributed by atoms with Crippen LogP contribution in [0.5, 0.6) is 0 Å². The number of hydrogen-bond acceptors (Lipinski definition) is 15. The number of anilines is 5. The fraction of sp³-hybridized carbons (Fsp3) is 0.437. The van der Waals surface area contributed by atoms with E-state index in [1.807, 2.05) is 82.2 Å².